The standard InChI is InChI=1S/C22H22ClFN2O5S/c23-18-3-6-20(17(11-18)14-32(28,29)30)31-13-21(27)26-9-7-22(15-25,8-10-26)12-16-1-4-19(24)5-2-16/h1-6,11H,7-10,12-14H2,(H,28,29,30). The summed E-state index contributed by atoms with van der Waals surface area (Å²) in [5.41, 5.74) is 0.383. The van der Waals surface area contributed by atoms with Gasteiger partial charge < -0.3 is 9.64 Å². The first-order chi connectivity index (χ1) is 15.1. The van der Waals surface area contributed by atoms with Crippen molar-refractivity contribution in [2.75, 3.05) is 19.7 Å². The lowest BCUT2D eigenvalue weighted by molar-refractivity contribution is -0.135. The number of carbonyl (C=O) groups excluding carboxylic acids is 1. The van der Waals surface area contributed by atoms with Crippen LogP contribution in [0.15, 0.2) is 42.5 Å². The number of amides is 1. The number of carbonyl (C=O) groups is 1. The second-order valence-corrected chi connectivity index (χ2v) is 9.73. The van der Waals surface area contributed by atoms with Crippen molar-refractivity contribution in [1.29, 1.82) is 5.26 Å². The molecule has 2 aromatic rings. The highest BCUT2D eigenvalue weighted by atomic mass is 35.5. The van der Waals surface area contributed by atoms with Crippen LogP contribution < -0.4 is 4.74 Å². The van der Waals surface area contributed by atoms with Crippen LogP contribution in [0.5, 0.6) is 5.75 Å². The number of hydrogen-bond donors (Lipinski definition) is 1. The number of rotatable bonds is 7. The zero-order valence-electron chi connectivity index (χ0n) is 17.1. The quantitative estimate of drug-likeness (QED) is 0.606. The van der Waals surface area contributed by atoms with Gasteiger partial charge in [-0.05, 0) is 55.2 Å². The molecule has 0 aliphatic carbocycles. The van der Waals surface area contributed by atoms with Crippen molar-refractivity contribution in [1.82, 2.24) is 4.90 Å². The third-order valence-electron chi connectivity index (χ3n) is 5.48. The highest BCUT2D eigenvalue weighted by Gasteiger charge is 2.36. The fraction of sp³-hybridized carbons (Fsp3) is 0.364. The van der Waals surface area contributed by atoms with Gasteiger partial charge in [0.15, 0.2) is 6.61 Å². The number of piperidine rings is 1. The van der Waals surface area contributed by atoms with Crippen LogP contribution >= 0.6 is 11.6 Å². The predicted octanol–water partition coefficient (Wildman–Crippen LogP) is 3.62. The molecule has 1 heterocycles. The van der Waals surface area contributed by atoms with Gasteiger partial charge >= 0.3 is 0 Å². The van der Waals surface area contributed by atoms with Crippen molar-refractivity contribution >= 4 is 27.6 Å². The van der Waals surface area contributed by atoms with Gasteiger partial charge in [0, 0.05) is 23.7 Å². The molecule has 0 saturated carbocycles. The van der Waals surface area contributed by atoms with E-state index < -0.39 is 21.3 Å². The van der Waals surface area contributed by atoms with Gasteiger partial charge in [0.2, 0.25) is 0 Å². The van der Waals surface area contributed by atoms with Crippen molar-refractivity contribution < 1.29 is 26.9 Å². The number of halogens is 2. The third-order valence-corrected chi connectivity index (χ3v) is 6.39. The number of benzene rings is 2. The first kappa shape index (κ1) is 24.0. The molecule has 1 saturated heterocycles. The summed E-state index contributed by atoms with van der Waals surface area (Å²) in [6.45, 7) is 0.419. The second-order valence-electron chi connectivity index (χ2n) is 7.84. The molecule has 1 aliphatic heterocycles. The van der Waals surface area contributed by atoms with Crippen LogP contribution in [0.3, 0.4) is 0 Å². The van der Waals surface area contributed by atoms with E-state index in [0.29, 0.717) is 32.4 Å². The van der Waals surface area contributed by atoms with Crippen molar-refractivity contribution in [3.8, 4) is 11.8 Å². The van der Waals surface area contributed by atoms with Crippen LogP contribution in [0.1, 0.15) is 24.0 Å². The Balaban J connectivity index is 1.59. The molecule has 10 heteroatoms. The van der Waals surface area contributed by atoms with Gasteiger partial charge in [0.05, 0.1) is 11.5 Å². The van der Waals surface area contributed by atoms with Crippen LogP contribution in [-0.2, 0) is 27.1 Å². The summed E-state index contributed by atoms with van der Waals surface area (Å²) in [5.74, 6) is -1.18. The summed E-state index contributed by atoms with van der Waals surface area (Å²) in [5, 5.41) is 10.0. The Hall–Kier alpha value is -2.67. The van der Waals surface area contributed by atoms with Crippen molar-refractivity contribution in [3.63, 3.8) is 0 Å². The first-order valence-electron chi connectivity index (χ1n) is 9.89. The molecule has 1 N–H and O–H groups in total. The van der Waals surface area contributed by atoms with Crippen molar-refractivity contribution in [3.05, 3.63) is 64.4 Å². The van der Waals surface area contributed by atoms with E-state index in [9.17, 15) is 22.9 Å². The summed E-state index contributed by atoms with van der Waals surface area (Å²) in [4.78, 5) is 14.2. The lowest BCUT2D eigenvalue weighted by atomic mass is 9.75. The molecule has 0 radical (unpaired) electrons. The summed E-state index contributed by atoms with van der Waals surface area (Å²) >= 11 is 5.88. The van der Waals surface area contributed by atoms with Crippen molar-refractivity contribution in [2.24, 2.45) is 5.41 Å². The number of hydrogen-bond acceptors (Lipinski definition) is 5. The average molecular weight is 481 g/mol. The maximum Gasteiger partial charge on any atom is 0.269 e. The van der Waals surface area contributed by atoms with E-state index in [1.54, 1.807) is 17.0 Å². The summed E-state index contributed by atoms with van der Waals surface area (Å²) in [6, 6.07) is 12.7. The average Bonchev–Trinajstić information content (AvgIpc) is 2.74. The number of likely N-dealkylation sites (tertiary alicyclic amines) is 1. The fourth-order valence-corrected chi connectivity index (χ4v) is 4.55. The van der Waals surface area contributed by atoms with Crippen LogP contribution in [0, 0.1) is 22.6 Å². The molecule has 1 fully saturated rings. The molecule has 0 aromatic heterocycles. The highest BCUT2D eigenvalue weighted by molar-refractivity contribution is 7.85. The summed E-state index contributed by atoms with van der Waals surface area (Å²) in [7, 11) is -4.31. The van der Waals surface area contributed by atoms with E-state index in [1.165, 1.54) is 30.3 Å². The van der Waals surface area contributed by atoms with Crippen LogP contribution in [0.25, 0.3) is 0 Å². The van der Waals surface area contributed by atoms with Gasteiger partial charge in [-0.1, -0.05) is 23.7 Å². The molecule has 0 atom stereocenters. The molecular weight excluding hydrogens is 459 g/mol. The predicted molar refractivity (Wildman–Crippen MR) is 116 cm³/mol. The van der Waals surface area contributed by atoms with E-state index in [1.807, 2.05) is 0 Å². The molecule has 1 amide bonds. The Bertz CT molecular complexity index is 1120. The summed E-state index contributed by atoms with van der Waals surface area (Å²) in [6.07, 6.45) is 1.43. The maximum atomic E-state index is 13.1. The normalized spacial score (nSPS) is 15.8. The number of nitrogens with zero attached hydrogens (tertiary/aromatic N) is 2. The van der Waals surface area contributed by atoms with Gasteiger partial charge in [-0.25, -0.2) is 4.39 Å². The SMILES string of the molecule is N#CC1(Cc2ccc(F)cc2)CCN(C(=O)COc2ccc(Cl)cc2CS(=O)(=O)O)CC1. The van der Waals surface area contributed by atoms with E-state index in [-0.39, 0.29) is 34.7 Å². The Morgan fingerprint density at radius 2 is 1.88 bits per heavy atom. The van der Waals surface area contributed by atoms with Gasteiger partial charge in [0.1, 0.15) is 17.3 Å². The van der Waals surface area contributed by atoms with Gasteiger partial charge in [-0.3, -0.25) is 9.35 Å². The van der Waals surface area contributed by atoms with Gasteiger partial charge in [-0.15, -0.1) is 0 Å². The van der Waals surface area contributed by atoms with E-state index >= 15 is 0 Å². The smallest absolute Gasteiger partial charge is 0.269 e. The molecule has 1 aliphatic rings. The van der Waals surface area contributed by atoms with E-state index in [0.717, 1.165) is 5.56 Å². The minimum absolute atomic E-state index is 0.139. The minimum Gasteiger partial charge on any atom is -0.483 e. The third kappa shape index (κ3) is 6.42. The molecule has 0 unspecified atom stereocenters. The van der Waals surface area contributed by atoms with Crippen LogP contribution in [0.2, 0.25) is 5.02 Å². The number of nitriles is 1. The largest absolute Gasteiger partial charge is 0.483 e. The fourth-order valence-electron chi connectivity index (χ4n) is 3.73. The zero-order chi connectivity index (χ0) is 23.4. The molecule has 170 valence electrons. The minimum atomic E-state index is -4.31. The zero-order valence-corrected chi connectivity index (χ0v) is 18.7. The van der Waals surface area contributed by atoms with E-state index in [4.69, 9.17) is 20.9 Å². The molecule has 7 nitrogen and oxygen atoms in total. The Morgan fingerprint density at radius 1 is 1.22 bits per heavy atom. The molecule has 32 heavy (non-hydrogen) atoms. The van der Waals surface area contributed by atoms with Crippen molar-refractivity contribution in [2.45, 2.75) is 25.0 Å². The lowest BCUT2D eigenvalue weighted by Crippen LogP contribution is -2.45. The lowest BCUT2D eigenvalue weighted by Gasteiger charge is -2.37. The molecule has 0 spiro atoms. The van der Waals surface area contributed by atoms with E-state index in [2.05, 4.69) is 6.07 Å². The van der Waals surface area contributed by atoms with Gasteiger partial charge in [-0.2, -0.15) is 13.7 Å². The van der Waals surface area contributed by atoms with Crippen LogP contribution in [0.4, 0.5) is 4.39 Å². The second kappa shape index (κ2) is 9.86. The van der Waals surface area contributed by atoms with Crippen LogP contribution in [-0.4, -0.2) is 43.5 Å². The highest BCUT2D eigenvalue weighted by Crippen LogP contribution is 2.35. The number of ether oxygens (including phenoxy) is 1. The summed E-state index contributed by atoms with van der Waals surface area (Å²) < 4.78 is 50.2. The Morgan fingerprint density at radius 3 is 2.47 bits per heavy atom. The monoisotopic (exact) mass is 480 g/mol. The molecular formula is C22H22ClFN2O5S. The topological polar surface area (TPSA) is 108 Å². The first-order valence-corrected chi connectivity index (χ1v) is 11.9. The molecule has 0 bridgehead atoms. The molecule has 2 aromatic carbocycles. The Labute approximate surface area is 191 Å². The van der Waals surface area contributed by atoms with Gasteiger partial charge in [0.25, 0.3) is 16.0 Å². The molecule has 3 rings (SSSR count). The maximum absolute atomic E-state index is 13.1. The Kier molecular flexibility index (Phi) is 7.39.